The van der Waals surface area contributed by atoms with Gasteiger partial charge in [-0.05, 0) is 6.92 Å². The average molecular weight is 212 g/mol. The molecule has 0 saturated heterocycles. The highest BCUT2D eigenvalue weighted by Gasteiger charge is 2.06. The van der Waals surface area contributed by atoms with Gasteiger partial charge in [-0.15, -0.1) is 11.3 Å². The highest BCUT2D eigenvalue weighted by Crippen LogP contribution is 2.18. The van der Waals surface area contributed by atoms with Crippen molar-refractivity contribution in [2.45, 2.75) is 13.0 Å². The molecule has 1 atom stereocenters. The van der Waals surface area contributed by atoms with Crippen LogP contribution in [0.25, 0.3) is 0 Å². The van der Waals surface area contributed by atoms with Gasteiger partial charge < -0.3 is 17.2 Å². The Kier molecular flexibility index (Phi) is 3.41. The number of aromatic nitrogens is 1. The van der Waals surface area contributed by atoms with Gasteiger partial charge in [0.05, 0.1) is 0 Å². The molecule has 1 unspecified atom stereocenters. The molecule has 0 aliphatic heterocycles. The summed E-state index contributed by atoms with van der Waals surface area (Å²) in [6.07, 6.45) is 1.71. The Morgan fingerprint density at radius 2 is 2.21 bits per heavy atom. The number of thiazole rings is 1. The van der Waals surface area contributed by atoms with Gasteiger partial charge in [-0.1, -0.05) is 0 Å². The Morgan fingerprint density at radius 1 is 1.50 bits per heavy atom. The third-order valence-corrected chi connectivity index (χ3v) is 2.32. The van der Waals surface area contributed by atoms with E-state index < -0.39 is 0 Å². The average Bonchev–Trinajstić information content (AvgIpc) is 2.53. The van der Waals surface area contributed by atoms with Crippen molar-refractivity contribution in [1.82, 2.24) is 4.98 Å². The fraction of sp³-hybridized carbons (Fsp3) is 0.286. The molecule has 1 rings (SSSR count). The van der Waals surface area contributed by atoms with Crippen molar-refractivity contribution in [1.29, 1.82) is 0 Å². The summed E-state index contributed by atoms with van der Waals surface area (Å²) in [5, 5.41) is 2.75. The van der Waals surface area contributed by atoms with Crippen LogP contribution in [0.4, 0.5) is 0 Å². The third-order valence-electron chi connectivity index (χ3n) is 1.38. The predicted octanol–water partition coefficient (Wildman–Crippen LogP) is -0.208. The molecule has 76 valence electrons. The molecule has 0 aliphatic rings. The second-order valence-electron chi connectivity index (χ2n) is 2.57. The standard InChI is InChI=1S/C7H12N6S/c1-4(5-11-2-3-14-5)12-7(10)13-6(8)9/h2-4H,1H3,(H6,8,9,10,12,13). The molecule has 1 aromatic rings. The van der Waals surface area contributed by atoms with Crippen molar-refractivity contribution in [3.05, 3.63) is 16.6 Å². The van der Waals surface area contributed by atoms with Crippen LogP contribution in [0.1, 0.15) is 18.0 Å². The Morgan fingerprint density at radius 3 is 2.71 bits per heavy atom. The summed E-state index contributed by atoms with van der Waals surface area (Å²) in [4.78, 5) is 11.8. The van der Waals surface area contributed by atoms with Gasteiger partial charge in [0, 0.05) is 11.6 Å². The van der Waals surface area contributed by atoms with Crippen molar-refractivity contribution >= 4 is 23.3 Å². The zero-order chi connectivity index (χ0) is 10.6. The van der Waals surface area contributed by atoms with Crippen molar-refractivity contribution < 1.29 is 0 Å². The zero-order valence-electron chi connectivity index (χ0n) is 7.71. The molecular weight excluding hydrogens is 200 g/mol. The lowest BCUT2D eigenvalue weighted by atomic mass is 10.4. The number of aliphatic imine (C=N–C) groups is 2. The van der Waals surface area contributed by atoms with E-state index in [1.807, 2.05) is 12.3 Å². The fourth-order valence-corrected chi connectivity index (χ4v) is 1.49. The summed E-state index contributed by atoms with van der Waals surface area (Å²) in [5.41, 5.74) is 15.7. The molecule has 0 saturated carbocycles. The molecule has 0 spiro atoms. The number of hydrogen-bond donors (Lipinski definition) is 3. The van der Waals surface area contributed by atoms with Crippen molar-refractivity contribution in [2.75, 3.05) is 0 Å². The largest absolute Gasteiger partial charge is 0.370 e. The number of rotatable bonds is 2. The van der Waals surface area contributed by atoms with E-state index in [1.165, 1.54) is 11.3 Å². The van der Waals surface area contributed by atoms with E-state index in [4.69, 9.17) is 17.2 Å². The normalized spacial score (nSPS) is 13.6. The molecule has 6 nitrogen and oxygen atoms in total. The van der Waals surface area contributed by atoms with Crippen LogP contribution < -0.4 is 17.2 Å². The van der Waals surface area contributed by atoms with Crippen molar-refractivity contribution in [3.8, 4) is 0 Å². The quantitative estimate of drug-likeness (QED) is 0.464. The van der Waals surface area contributed by atoms with Gasteiger partial charge >= 0.3 is 0 Å². The van der Waals surface area contributed by atoms with Crippen LogP contribution in [0, 0.1) is 0 Å². The lowest BCUT2D eigenvalue weighted by molar-refractivity contribution is 0.805. The molecular formula is C7H12N6S. The number of hydrogen-bond acceptors (Lipinski definition) is 3. The molecule has 0 aliphatic carbocycles. The summed E-state index contributed by atoms with van der Waals surface area (Å²) in [6.45, 7) is 1.87. The summed E-state index contributed by atoms with van der Waals surface area (Å²) in [6, 6.07) is -0.127. The third kappa shape index (κ3) is 3.02. The lowest BCUT2D eigenvalue weighted by Gasteiger charge is -2.01. The summed E-state index contributed by atoms with van der Waals surface area (Å²) in [7, 11) is 0. The van der Waals surface area contributed by atoms with E-state index in [1.54, 1.807) is 6.20 Å². The minimum absolute atomic E-state index is 0.0627. The van der Waals surface area contributed by atoms with E-state index in [9.17, 15) is 0 Å². The topological polar surface area (TPSA) is 116 Å². The van der Waals surface area contributed by atoms with Gasteiger partial charge in [0.1, 0.15) is 11.0 Å². The van der Waals surface area contributed by atoms with Gasteiger partial charge in [0.15, 0.2) is 5.96 Å². The SMILES string of the molecule is CC(N=C(N)N=C(N)N)c1nccs1. The van der Waals surface area contributed by atoms with Crippen molar-refractivity contribution in [2.24, 2.45) is 27.2 Å². The number of guanidine groups is 2. The van der Waals surface area contributed by atoms with E-state index in [2.05, 4.69) is 15.0 Å². The predicted molar refractivity (Wildman–Crippen MR) is 58.0 cm³/mol. The minimum Gasteiger partial charge on any atom is -0.370 e. The molecule has 0 amide bonds. The molecule has 6 N–H and O–H groups in total. The first-order valence-corrected chi connectivity index (χ1v) is 4.80. The Balaban J connectivity index is 2.73. The van der Waals surface area contributed by atoms with E-state index in [-0.39, 0.29) is 18.0 Å². The molecule has 14 heavy (non-hydrogen) atoms. The molecule has 0 bridgehead atoms. The van der Waals surface area contributed by atoms with E-state index in [0.717, 1.165) is 5.01 Å². The Bertz CT molecular complexity index is 337. The van der Waals surface area contributed by atoms with Crippen LogP contribution in [-0.2, 0) is 0 Å². The first-order chi connectivity index (χ1) is 6.59. The molecule has 0 radical (unpaired) electrons. The summed E-state index contributed by atoms with van der Waals surface area (Å²) >= 11 is 1.51. The van der Waals surface area contributed by atoms with Crippen LogP contribution in [0.15, 0.2) is 21.6 Å². The van der Waals surface area contributed by atoms with Crippen LogP contribution in [0.5, 0.6) is 0 Å². The van der Waals surface area contributed by atoms with Crippen molar-refractivity contribution in [3.63, 3.8) is 0 Å². The minimum atomic E-state index is -0.127. The smallest absolute Gasteiger partial charge is 0.219 e. The first-order valence-electron chi connectivity index (χ1n) is 3.92. The molecule has 7 heteroatoms. The van der Waals surface area contributed by atoms with E-state index in [0.29, 0.717) is 0 Å². The summed E-state index contributed by atoms with van der Waals surface area (Å²) in [5.74, 6) is -0.0368. The highest BCUT2D eigenvalue weighted by atomic mass is 32.1. The molecule has 1 heterocycles. The van der Waals surface area contributed by atoms with Gasteiger partial charge in [-0.3, -0.25) is 0 Å². The van der Waals surface area contributed by atoms with Crippen LogP contribution >= 0.6 is 11.3 Å². The lowest BCUT2D eigenvalue weighted by Crippen LogP contribution is -2.26. The number of nitrogens with zero attached hydrogens (tertiary/aromatic N) is 3. The maximum Gasteiger partial charge on any atom is 0.219 e. The van der Waals surface area contributed by atoms with Crippen LogP contribution in [0.3, 0.4) is 0 Å². The Labute approximate surface area is 85.6 Å². The first kappa shape index (κ1) is 10.5. The summed E-state index contributed by atoms with van der Waals surface area (Å²) < 4.78 is 0. The molecule has 0 fully saturated rings. The second-order valence-corrected chi connectivity index (χ2v) is 3.50. The molecule has 1 aromatic heterocycles. The number of nitrogens with two attached hydrogens (primary N) is 3. The monoisotopic (exact) mass is 212 g/mol. The fourth-order valence-electron chi connectivity index (χ4n) is 0.856. The van der Waals surface area contributed by atoms with Gasteiger partial charge in [-0.2, -0.15) is 4.99 Å². The van der Waals surface area contributed by atoms with Gasteiger partial charge in [0.25, 0.3) is 0 Å². The second kappa shape index (κ2) is 4.56. The van der Waals surface area contributed by atoms with Gasteiger partial charge in [-0.25, -0.2) is 9.98 Å². The maximum atomic E-state index is 5.46. The molecule has 0 aromatic carbocycles. The highest BCUT2D eigenvalue weighted by molar-refractivity contribution is 7.09. The Hall–Kier alpha value is -1.63. The van der Waals surface area contributed by atoms with Crippen LogP contribution in [-0.4, -0.2) is 16.9 Å². The van der Waals surface area contributed by atoms with E-state index >= 15 is 0 Å². The van der Waals surface area contributed by atoms with Gasteiger partial charge in [0.2, 0.25) is 5.96 Å². The maximum absolute atomic E-state index is 5.46. The van der Waals surface area contributed by atoms with Crippen LogP contribution in [0.2, 0.25) is 0 Å². The zero-order valence-corrected chi connectivity index (χ0v) is 8.53.